The van der Waals surface area contributed by atoms with Crippen LogP contribution in [0.25, 0.3) is 5.70 Å². The highest BCUT2D eigenvalue weighted by atomic mass is 16.5. The molecule has 0 amide bonds. The van der Waals surface area contributed by atoms with Crippen LogP contribution in [0.1, 0.15) is 25.8 Å². The van der Waals surface area contributed by atoms with Crippen LogP contribution in [-0.4, -0.2) is 31.4 Å². The summed E-state index contributed by atoms with van der Waals surface area (Å²) in [6, 6.07) is 11.2. The molecule has 1 heterocycles. The molecule has 0 saturated carbocycles. The number of benzene rings is 1. The molecule has 6 heteroatoms. The molecule has 130 valence electrons. The predicted octanol–water partition coefficient (Wildman–Crippen LogP) is 2.75. The van der Waals surface area contributed by atoms with E-state index >= 15 is 0 Å². The summed E-state index contributed by atoms with van der Waals surface area (Å²) in [5.41, 5.74) is 2.17. The second kappa shape index (κ2) is 8.25. The first kappa shape index (κ1) is 18.4. The van der Waals surface area contributed by atoms with Crippen molar-refractivity contribution in [1.82, 2.24) is 0 Å². The lowest BCUT2D eigenvalue weighted by Gasteiger charge is -2.29. The van der Waals surface area contributed by atoms with Crippen LogP contribution in [0.2, 0.25) is 0 Å². The minimum Gasteiger partial charge on any atom is -0.468 e. The van der Waals surface area contributed by atoms with Gasteiger partial charge in [-0.05, 0) is 6.92 Å². The Balaban J connectivity index is 2.51. The van der Waals surface area contributed by atoms with Gasteiger partial charge in [-0.15, -0.1) is 0 Å². The zero-order valence-electron chi connectivity index (χ0n) is 14.5. The number of hydrogen-bond donors (Lipinski definition) is 0. The molecule has 0 spiro atoms. The van der Waals surface area contributed by atoms with Crippen LogP contribution in [0.3, 0.4) is 0 Å². The lowest BCUT2D eigenvalue weighted by atomic mass is 9.80. The molecule has 1 aromatic carbocycles. The third-order valence-electron chi connectivity index (χ3n) is 4.12. The van der Waals surface area contributed by atoms with E-state index < -0.39 is 23.8 Å². The molecule has 0 radical (unpaired) electrons. The first-order valence-corrected chi connectivity index (χ1v) is 7.98. The van der Waals surface area contributed by atoms with Crippen LogP contribution >= 0.6 is 0 Å². The molecule has 2 rings (SSSR count). The van der Waals surface area contributed by atoms with Crippen molar-refractivity contribution in [3.8, 4) is 6.07 Å². The minimum atomic E-state index is -0.643. The van der Waals surface area contributed by atoms with Gasteiger partial charge < -0.3 is 9.47 Å². The number of aliphatic imine (C=N–C) groups is 1. The normalized spacial score (nSPS) is 19.7. The Kier molecular flexibility index (Phi) is 6.07. The van der Waals surface area contributed by atoms with E-state index in [9.17, 15) is 9.59 Å². The summed E-state index contributed by atoms with van der Waals surface area (Å²) < 4.78 is 10.1. The maximum Gasteiger partial charge on any atom is 0.336 e. The number of hydrogen-bond acceptors (Lipinski definition) is 6. The predicted molar refractivity (Wildman–Crippen MR) is 92.3 cm³/mol. The van der Waals surface area contributed by atoms with Crippen LogP contribution in [0.4, 0.5) is 0 Å². The van der Waals surface area contributed by atoms with Crippen molar-refractivity contribution in [2.24, 2.45) is 16.8 Å². The maximum atomic E-state index is 12.6. The lowest BCUT2D eigenvalue weighted by Crippen LogP contribution is -2.36. The topological polar surface area (TPSA) is 88.8 Å². The van der Waals surface area contributed by atoms with Crippen molar-refractivity contribution in [2.75, 3.05) is 13.7 Å². The Morgan fingerprint density at radius 3 is 2.56 bits per heavy atom. The molecule has 2 unspecified atom stereocenters. The number of nitrogens with zero attached hydrogens (tertiary/aromatic N) is 2. The van der Waals surface area contributed by atoms with Crippen molar-refractivity contribution in [2.45, 2.75) is 20.3 Å². The summed E-state index contributed by atoms with van der Waals surface area (Å²) in [4.78, 5) is 29.3. The Hall–Kier alpha value is -2.94. The van der Waals surface area contributed by atoms with Crippen molar-refractivity contribution in [3.63, 3.8) is 0 Å². The lowest BCUT2D eigenvalue weighted by molar-refractivity contribution is -0.144. The van der Waals surface area contributed by atoms with Crippen molar-refractivity contribution in [1.29, 1.82) is 5.26 Å². The van der Waals surface area contributed by atoms with Crippen LogP contribution in [0.5, 0.6) is 0 Å². The molecule has 1 aromatic rings. The molecule has 1 aliphatic rings. The number of rotatable bonds is 5. The number of carbonyl (C=O) groups is 2. The molecule has 0 bridgehead atoms. The molecule has 1 aliphatic heterocycles. The van der Waals surface area contributed by atoms with E-state index in [0.29, 0.717) is 17.0 Å². The Morgan fingerprint density at radius 1 is 1.28 bits per heavy atom. The van der Waals surface area contributed by atoms with Crippen molar-refractivity contribution in [3.05, 3.63) is 41.5 Å². The average Bonchev–Trinajstić information content (AvgIpc) is 2.61. The zero-order valence-corrected chi connectivity index (χ0v) is 14.5. The number of nitriles is 1. The van der Waals surface area contributed by atoms with Gasteiger partial charge in [0.2, 0.25) is 0 Å². The Bertz CT molecular complexity index is 759. The van der Waals surface area contributed by atoms with Gasteiger partial charge in [0, 0.05) is 17.2 Å². The van der Waals surface area contributed by atoms with E-state index in [1.165, 1.54) is 7.11 Å². The smallest absolute Gasteiger partial charge is 0.336 e. The van der Waals surface area contributed by atoms with Gasteiger partial charge in [0.1, 0.15) is 12.5 Å². The largest absolute Gasteiger partial charge is 0.468 e. The molecule has 2 atom stereocenters. The molecule has 25 heavy (non-hydrogen) atoms. The summed E-state index contributed by atoms with van der Waals surface area (Å²) in [5.74, 6) is -2.10. The summed E-state index contributed by atoms with van der Waals surface area (Å²) in [6.07, 6.45) is 0.108. The summed E-state index contributed by atoms with van der Waals surface area (Å²) in [7, 11) is 1.31. The van der Waals surface area contributed by atoms with E-state index in [2.05, 4.69) is 4.99 Å². The standard InChI is InChI=1S/C19H20N2O4/c1-12-15(18(22)24-3)13(2)21-17(14-8-5-4-6-9-14)16(12)19(23)25-11-7-10-20/h4-6,8-9,12,15H,7,11H2,1-3H3. The highest BCUT2D eigenvalue weighted by Crippen LogP contribution is 2.36. The molecular formula is C19H20N2O4. The van der Waals surface area contributed by atoms with E-state index in [1.54, 1.807) is 13.8 Å². The summed E-state index contributed by atoms with van der Waals surface area (Å²) >= 11 is 0. The van der Waals surface area contributed by atoms with Crippen molar-refractivity contribution < 1.29 is 19.1 Å². The van der Waals surface area contributed by atoms with Gasteiger partial charge in [-0.3, -0.25) is 9.79 Å². The molecule has 0 aliphatic carbocycles. The Labute approximate surface area is 146 Å². The fourth-order valence-corrected chi connectivity index (χ4v) is 2.92. The van der Waals surface area contributed by atoms with Crippen LogP contribution < -0.4 is 0 Å². The SMILES string of the molecule is COC(=O)C1C(C)=NC(c2ccccc2)=C(C(=O)OCCC#N)C1C. The third-order valence-corrected chi connectivity index (χ3v) is 4.12. The Morgan fingerprint density at radius 2 is 1.96 bits per heavy atom. The fourth-order valence-electron chi connectivity index (χ4n) is 2.92. The first-order valence-electron chi connectivity index (χ1n) is 7.98. The van der Waals surface area contributed by atoms with E-state index in [1.807, 2.05) is 36.4 Å². The zero-order chi connectivity index (χ0) is 18.4. The van der Waals surface area contributed by atoms with Gasteiger partial charge in [-0.25, -0.2) is 4.79 Å². The van der Waals surface area contributed by atoms with E-state index in [0.717, 1.165) is 5.56 Å². The van der Waals surface area contributed by atoms with Crippen LogP contribution in [0, 0.1) is 23.2 Å². The van der Waals surface area contributed by atoms with E-state index in [4.69, 9.17) is 14.7 Å². The van der Waals surface area contributed by atoms with Gasteiger partial charge in [0.25, 0.3) is 0 Å². The maximum absolute atomic E-state index is 12.6. The highest BCUT2D eigenvalue weighted by Gasteiger charge is 2.39. The molecule has 0 fully saturated rings. The number of methoxy groups -OCH3 is 1. The molecular weight excluding hydrogens is 320 g/mol. The molecule has 6 nitrogen and oxygen atoms in total. The number of ether oxygens (including phenoxy) is 2. The second-order valence-electron chi connectivity index (χ2n) is 5.72. The van der Waals surface area contributed by atoms with Gasteiger partial charge in [0.15, 0.2) is 0 Å². The highest BCUT2D eigenvalue weighted by molar-refractivity contribution is 6.10. The number of carbonyl (C=O) groups excluding carboxylic acids is 2. The summed E-state index contributed by atoms with van der Waals surface area (Å²) in [6.45, 7) is 3.53. The molecule has 0 saturated heterocycles. The first-order chi connectivity index (χ1) is 12.0. The van der Waals surface area contributed by atoms with Crippen LogP contribution in [-0.2, 0) is 19.1 Å². The number of esters is 2. The summed E-state index contributed by atoms with van der Waals surface area (Å²) in [5, 5.41) is 8.62. The quantitative estimate of drug-likeness (QED) is 0.607. The third kappa shape index (κ3) is 3.94. The fraction of sp³-hybridized carbons (Fsp3) is 0.368. The van der Waals surface area contributed by atoms with Gasteiger partial charge >= 0.3 is 11.9 Å². The van der Waals surface area contributed by atoms with Gasteiger partial charge in [-0.1, -0.05) is 37.3 Å². The van der Waals surface area contributed by atoms with Gasteiger partial charge in [-0.2, -0.15) is 5.26 Å². The average molecular weight is 340 g/mol. The monoisotopic (exact) mass is 340 g/mol. The minimum absolute atomic E-state index is 0.000783. The molecule has 0 N–H and O–H groups in total. The van der Waals surface area contributed by atoms with Gasteiger partial charge in [0.05, 0.1) is 30.9 Å². The second-order valence-corrected chi connectivity index (χ2v) is 5.72. The van der Waals surface area contributed by atoms with Crippen LogP contribution in [0.15, 0.2) is 40.9 Å². The van der Waals surface area contributed by atoms with E-state index in [-0.39, 0.29) is 13.0 Å². The molecule has 0 aromatic heterocycles. The van der Waals surface area contributed by atoms with Crippen molar-refractivity contribution >= 4 is 23.3 Å².